The van der Waals surface area contributed by atoms with Crippen LogP contribution in [0.1, 0.15) is 53.4 Å². The van der Waals surface area contributed by atoms with Crippen LogP contribution in [0.5, 0.6) is 0 Å². The molecule has 3 heteroatoms. The smallest absolute Gasteiger partial charge is 0.233 e. The topological polar surface area (TPSA) is 41.1 Å². The highest BCUT2D eigenvalue weighted by atomic mass is 16.1. The molecule has 0 aliphatic heterocycles. The lowest BCUT2D eigenvalue weighted by Gasteiger charge is -2.27. The van der Waals surface area contributed by atoms with Gasteiger partial charge in [0.1, 0.15) is 0 Å². The molecule has 2 atom stereocenters. The van der Waals surface area contributed by atoms with Crippen molar-refractivity contribution in [2.75, 3.05) is 13.1 Å². The molecule has 0 radical (unpaired) electrons. The van der Waals surface area contributed by atoms with Crippen molar-refractivity contribution in [3.63, 3.8) is 0 Å². The Balaban J connectivity index is 2.15. The second-order valence-electron chi connectivity index (χ2n) is 6.55. The van der Waals surface area contributed by atoms with Gasteiger partial charge in [0.2, 0.25) is 5.91 Å². The van der Waals surface area contributed by atoms with Gasteiger partial charge in [-0.2, -0.15) is 0 Å². The summed E-state index contributed by atoms with van der Waals surface area (Å²) >= 11 is 0. The molecule has 100 valence electrons. The van der Waals surface area contributed by atoms with Gasteiger partial charge in [0.15, 0.2) is 0 Å². The van der Waals surface area contributed by atoms with E-state index in [1.165, 1.54) is 25.7 Å². The van der Waals surface area contributed by atoms with Crippen LogP contribution in [0.25, 0.3) is 0 Å². The number of nitrogens with one attached hydrogen (secondary N) is 2. The minimum absolute atomic E-state index is 0.0106. The minimum Gasteiger partial charge on any atom is -0.355 e. The molecular formula is C14H28N2O. The van der Waals surface area contributed by atoms with Gasteiger partial charge in [-0.05, 0) is 45.4 Å². The first kappa shape index (κ1) is 14.5. The fraction of sp³-hybridized carbons (Fsp3) is 0.929. The van der Waals surface area contributed by atoms with Crippen molar-refractivity contribution in [1.29, 1.82) is 0 Å². The normalized spacial score (nSPS) is 25.6. The molecule has 17 heavy (non-hydrogen) atoms. The monoisotopic (exact) mass is 240 g/mol. The van der Waals surface area contributed by atoms with Crippen molar-refractivity contribution in [3.05, 3.63) is 0 Å². The molecule has 2 unspecified atom stereocenters. The molecule has 1 saturated carbocycles. The summed E-state index contributed by atoms with van der Waals surface area (Å²) in [6.07, 6.45) is 5.22. The van der Waals surface area contributed by atoms with Gasteiger partial charge in [-0.1, -0.05) is 19.8 Å². The van der Waals surface area contributed by atoms with E-state index in [9.17, 15) is 4.79 Å². The summed E-state index contributed by atoms with van der Waals surface area (Å²) < 4.78 is 0. The molecule has 0 aromatic carbocycles. The molecule has 0 heterocycles. The predicted molar refractivity (Wildman–Crippen MR) is 71.9 cm³/mol. The zero-order chi connectivity index (χ0) is 12.9. The Morgan fingerprint density at radius 2 is 2.00 bits per heavy atom. The number of hydrogen-bond acceptors (Lipinski definition) is 2. The zero-order valence-corrected chi connectivity index (χ0v) is 11.8. The Morgan fingerprint density at radius 3 is 2.59 bits per heavy atom. The van der Waals surface area contributed by atoms with Crippen LogP contribution in [-0.4, -0.2) is 24.5 Å². The molecule has 0 bridgehead atoms. The Hall–Kier alpha value is -0.570. The van der Waals surface area contributed by atoms with Crippen LogP contribution >= 0.6 is 0 Å². The van der Waals surface area contributed by atoms with E-state index in [-0.39, 0.29) is 11.4 Å². The van der Waals surface area contributed by atoms with Crippen LogP contribution in [0.4, 0.5) is 0 Å². The molecule has 0 aromatic rings. The fourth-order valence-electron chi connectivity index (χ4n) is 2.41. The maximum Gasteiger partial charge on any atom is 0.233 e. The maximum absolute atomic E-state index is 11.6. The molecule has 3 nitrogen and oxygen atoms in total. The standard InChI is InChI=1S/C14H28N2O/c1-11-6-5-7-12(8-11)9-15-13(17)10-16-14(2,3)4/h11-12,16H,5-10H2,1-4H3,(H,15,17). The number of carbonyl (C=O) groups excluding carboxylic acids is 1. The highest BCUT2D eigenvalue weighted by Crippen LogP contribution is 2.27. The van der Waals surface area contributed by atoms with Crippen LogP contribution in [0.3, 0.4) is 0 Å². The van der Waals surface area contributed by atoms with E-state index in [4.69, 9.17) is 0 Å². The quantitative estimate of drug-likeness (QED) is 0.792. The summed E-state index contributed by atoms with van der Waals surface area (Å²) in [4.78, 5) is 11.6. The van der Waals surface area contributed by atoms with E-state index in [0.717, 1.165) is 12.5 Å². The molecular weight excluding hydrogens is 212 g/mol. The van der Waals surface area contributed by atoms with Crippen LogP contribution in [0.15, 0.2) is 0 Å². The van der Waals surface area contributed by atoms with Crippen LogP contribution < -0.4 is 10.6 Å². The molecule has 1 amide bonds. The summed E-state index contributed by atoms with van der Waals surface area (Å²) in [6.45, 7) is 9.81. The van der Waals surface area contributed by atoms with E-state index in [0.29, 0.717) is 12.5 Å². The molecule has 0 aromatic heterocycles. The molecule has 2 N–H and O–H groups in total. The van der Waals surface area contributed by atoms with E-state index < -0.39 is 0 Å². The van der Waals surface area contributed by atoms with Crippen molar-refractivity contribution < 1.29 is 4.79 Å². The van der Waals surface area contributed by atoms with Gasteiger partial charge in [-0.15, -0.1) is 0 Å². The van der Waals surface area contributed by atoms with Crippen molar-refractivity contribution in [3.8, 4) is 0 Å². The summed E-state index contributed by atoms with van der Waals surface area (Å²) in [5.41, 5.74) is 0.0106. The lowest BCUT2D eigenvalue weighted by Crippen LogP contribution is -2.44. The molecule has 1 aliphatic carbocycles. The van der Waals surface area contributed by atoms with Crippen molar-refractivity contribution in [1.82, 2.24) is 10.6 Å². The van der Waals surface area contributed by atoms with Crippen molar-refractivity contribution in [2.45, 2.75) is 58.9 Å². The minimum atomic E-state index is 0.0106. The van der Waals surface area contributed by atoms with Gasteiger partial charge in [-0.25, -0.2) is 0 Å². The second kappa shape index (κ2) is 6.39. The largest absolute Gasteiger partial charge is 0.355 e. The second-order valence-corrected chi connectivity index (χ2v) is 6.55. The van der Waals surface area contributed by atoms with Gasteiger partial charge in [0.05, 0.1) is 6.54 Å². The molecule has 1 fully saturated rings. The van der Waals surface area contributed by atoms with Gasteiger partial charge < -0.3 is 10.6 Å². The first-order chi connectivity index (χ1) is 7.87. The fourth-order valence-corrected chi connectivity index (χ4v) is 2.41. The average Bonchev–Trinajstić information content (AvgIpc) is 2.23. The van der Waals surface area contributed by atoms with Gasteiger partial charge in [0, 0.05) is 12.1 Å². The average molecular weight is 240 g/mol. The highest BCUT2D eigenvalue weighted by molar-refractivity contribution is 5.78. The highest BCUT2D eigenvalue weighted by Gasteiger charge is 2.19. The van der Waals surface area contributed by atoms with Gasteiger partial charge >= 0.3 is 0 Å². The first-order valence-corrected chi connectivity index (χ1v) is 6.88. The zero-order valence-electron chi connectivity index (χ0n) is 11.8. The number of hydrogen-bond donors (Lipinski definition) is 2. The SMILES string of the molecule is CC1CCCC(CNC(=O)CNC(C)(C)C)C1. The molecule has 0 saturated heterocycles. The first-order valence-electron chi connectivity index (χ1n) is 6.88. The summed E-state index contributed by atoms with van der Waals surface area (Å²) in [7, 11) is 0. The van der Waals surface area contributed by atoms with Crippen molar-refractivity contribution >= 4 is 5.91 Å². The van der Waals surface area contributed by atoms with Crippen LogP contribution in [0, 0.1) is 11.8 Å². The summed E-state index contributed by atoms with van der Waals surface area (Å²) in [5.74, 6) is 1.65. The third-order valence-corrected chi connectivity index (χ3v) is 3.41. The van der Waals surface area contributed by atoms with Crippen molar-refractivity contribution in [2.24, 2.45) is 11.8 Å². The number of amides is 1. The van der Waals surface area contributed by atoms with E-state index in [2.05, 4.69) is 38.3 Å². The maximum atomic E-state index is 11.6. The number of rotatable bonds is 4. The molecule has 1 aliphatic rings. The summed E-state index contributed by atoms with van der Waals surface area (Å²) in [5, 5.41) is 6.25. The van der Waals surface area contributed by atoms with E-state index in [1.807, 2.05) is 0 Å². The Labute approximate surface area is 106 Å². The molecule has 1 rings (SSSR count). The van der Waals surface area contributed by atoms with Crippen LogP contribution in [0.2, 0.25) is 0 Å². The Morgan fingerprint density at radius 1 is 1.29 bits per heavy atom. The predicted octanol–water partition coefficient (Wildman–Crippen LogP) is 2.32. The Bertz CT molecular complexity index is 245. The Kier molecular flexibility index (Phi) is 5.44. The third kappa shape index (κ3) is 6.67. The van der Waals surface area contributed by atoms with E-state index >= 15 is 0 Å². The van der Waals surface area contributed by atoms with Crippen LogP contribution in [-0.2, 0) is 4.79 Å². The molecule has 0 spiro atoms. The summed E-state index contributed by atoms with van der Waals surface area (Å²) in [6, 6.07) is 0. The number of carbonyl (C=O) groups is 1. The van der Waals surface area contributed by atoms with Gasteiger partial charge in [-0.3, -0.25) is 4.79 Å². The lowest BCUT2D eigenvalue weighted by atomic mass is 9.82. The van der Waals surface area contributed by atoms with Gasteiger partial charge in [0.25, 0.3) is 0 Å². The van der Waals surface area contributed by atoms with E-state index in [1.54, 1.807) is 0 Å². The third-order valence-electron chi connectivity index (χ3n) is 3.41. The lowest BCUT2D eigenvalue weighted by molar-refractivity contribution is -0.120.